The first-order valence-electron chi connectivity index (χ1n) is 14.8. The van der Waals surface area contributed by atoms with Crippen LogP contribution in [0.4, 0.5) is 27.6 Å². The monoisotopic (exact) mass is 618 g/mol. The van der Waals surface area contributed by atoms with E-state index in [1.807, 2.05) is 24.3 Å². The fraction of sp³-hybridized carbons (Fsp3) is 0.424. The van der Waals surface area contributed by atoms with E-state index in [-0.39, 0.29) is 30.4 Å². The number of nitrogens with zero attached hydrogens (tertiary/aromatic N) is 1. The molecule has 11 heteroatoms. The summed E-state index contributed by atoms with van der Waals surface area (Å²) in [6.45, 7) is 4.73. The largest absolute Gasteiger partial charge is 0.392 e. The molecule has 6 nitrogen and oxygen atoms in total. The predicted octanol–water partition coefficient (Wildman–Crippen LogP) is 7.18. The van der Waals surface area contributed by atoms with E-state index >= 15 is 0 Å². The highest BCUT2D eigenvalue weighted by molar-refractivity contribution is 6.04. The molecule has 5 rings (SSSR count). The zero-order valence-corrected chi connectivity index (χ0v) is 24.3. The zero-order chi connectivity index (χ0) is 31.4. The minimum atomic E-state index is -2.34. The summed E-state index contributed by atoms with van der Waals surface area (Å²) in [5.41, 5.74) is 0.833. The van der Waals surface area contributed by atoms with Crippen molar-refractivity contribution in [2.45, 2.75) is 64.1 Å². The van der Waals surface area contributed by atoms with Crippen LogP contribution >= 0.6 is 0 Å². The highest BCUT2D eigenvalue weighted by Crippen LogP contribution is 2.42. The van der Waals surface area contributed by atoms with Gasteiger partial charge in [-0.1, -0.05) is 62.6 Å². The number of likely N-dealkylation sites (tertiary alicyclic amines) is 1. The molecule has 3 aromatic rings. The molecule has 0 saturated carbocycles. The number of amides is 1. The third kappa shape index (κ3) is 6.96. The number of benzene rings is 3. The number of aliphatic hydroxyl groups excluding tert-OH is 1. The van der Waals surface area contributed by atoms with E-state index in [0.29, 0.717) is 5.56 Å². The third-order valence-corrected chi connectivity index (χ3v) is 8.39. The third-order valence-electron chi connectivity index (χ3n) is 8.39. The van der Waals surface area contributed by atoms with Crippen LogP contribution in [0.3, 0.4) is 0 Å². The molecule has 1 amide bonds. The van der Waals surface area contributed by atoms with Crippen LogP contribution in [-0.2, 0) is 16.1 Å². The van der Waals surface area contributed by atoms with Crippen LogP contribution < -0.4 is 5.32 Å². The molecule has 2 aliphatic heterocycles. The van der Waals surface area contributed by atoms with Crippen molar-refractivity contribution in [2.75, 3.05) is 25.0 Å². The molecule has 2 fully saturated rings. The van der Waals surface area contributed by atoms with Crippen molar-refractivity contribution in [1.29, 1.82) is 0 Å². The second kappa shape index (κ2) is 14.2. The Morgan fingerprint density at radius 2 is 1.34 bits per heavy atom. The van der Waals surface area contributed by atoms with Crippen molar-refractivity contribution >= 4 is 11.6 Å². The smallest absolute Gasteiger partial charge is 0.261 e. The zero-order valence-electron chi connectivity index (χ0n) is 24.3. The fourth-order valence-corrected chi connectivity index (χ4v) is 5.80. The van der Waals surface area contributed by atoms with Gasteiger partial charge in [0.2, 0.25) is 5.82 Å². The lowest BCUT2D eigenvalue weighted by Crippen LogP contribution is -2.45. The van der Waals surface area contributed by atoms with Gasteiger partial charge in [-0.15, -0.1) is 0 Å². The molecule has 0 radical (unpaired) electrons. The minimum absolute atomic E-state index is 0.00322. The summed E-state index contributed by atoms with van der Waals surface area (Å²) in [6, 6.07) is 13.6. The molecular weight excluding hydrogens is 583 g/mol. The maximum Gasteiger partial charge on any atom is 0.261 e. The van der Waals surface area contributed by atoms with Crippen LogP contribution in [0.15, 0.2) is 48.5 Å². The first-order valence-corrected chi connectivity index (χ1v) is 14.8. The standard InChI is InChI=1S/C33H35F5N2O4/c1-19-24(17-40-15-5-3-2-4-6-16-40)43-33(44-31(19)21-9-7-20(18-41)8-10-21)22-11-13-23(14-12-22)39-32(42)25-26(34)28(36)30(38)29(37)27(25)35/h7-14,19,24,31,33,41H,2-6,15-18H2,1H3,(H,39,42)/t19-,24+,31+,33+/m0/s1. The topological polar surface area (TPSA) is 71.0 Å². The molecular formula is C33H35F5N2O4. The second-order valence-corrected chi connectivity index (χ2v) is 11.4. The molecule has 0 bridgehead atoms. The molecule has 2 N–H and O–H groups in total. The first-order chi connectivity index (χ1) is 21.2. The van der Waals surface area contributed by atoms with Gasteiger partial charge < -0.3 is 24.8 Å². The van der Waals surface area contributed by atoms with Gasteiger partial charge in [-0.3, -0.25) is 4.79 Å². The maximum atomic E-state index is 14.1. The summed E-state index contributed by atoms with van der Waals surface area (Å²) >= 11 is 0. The van der Waals surface area contributed by atoms with Crippen molar-refractivity contribution < 1.29 is 41.3 Å². The lowest BCUT2D eigenvalue weighted by atomic mass is 9.89. The minimum Gasteiger partial charge on any atom is -0.392 e. The SMILES string of the molecule is C[C@H]1[C@@H](CN2CCCCCCC2)O[C@@H](c2ccc(NC(=O)c3c(F)c(F)c(F)c(F)c3F)cc2)O[C@H]1c1ccc(CO)cc1. The van der Waals surface area contributed by atoms with E-state index in [0.717, 1.165) is 43.6 Å². The summed E-state index contributed by atoms with van der Waals surface area (Å²) in [4.78, 5) is 14.9. The van der Waals surface area contributed by atoms with Gasteiger partial charge >= 0.3 is 0 Å². The Morgan fingerprint density at radius 3 is 1.93 bits per heavy atom. The molecule has 0 spiro atoms. The molecule has 236 valence electrons. The maximum absolute atomic E-state index is 14.1. The van der Waals surface area contributed by atoms with Crippen molar-refractivity contribution in [1.82, 2.24) is 4.90 Å². The average Bonchev–Trinajstić information content (AvgIpc) is 3.01. The normalized spacial score (nSPS) is 23.2. The number of nitrogens with one attached hydrogen (secondary N) is 1. The lowest BCUT2D eigenvalue weighted by molar-refractivity contribution is -0.276. The molecule has 2 heterocycles. The quantitative estimate of drug-likeness (QED) is 0.167. The number of rotatable bonds is 7. The molecule has 0 aromatic heterocycles. The Hall–Kier alpha value is -3.38. The van der Waals surface area contributed by atoms with Gasteiger partial charge in [0.05, 0.1) is 18.8 Å². The summed E-state index contributed by atoms with van der Waals surface area (Å²) in [6.07, 6.45) is 4.64. The number of carbonyl (C=O) groups is 1. The first kappa shape index (κ1) is 32.0. The van der Waals surface area contributed by atoms with Gasteiger partial charge in [-0.25, -0.2) is 22.0 Å². The second-order valence-electron chi connectivity index (χ2n) is 11.4. The van der Waals surface area contributed by atoms with Gasteiger partial charge in [0.1, 0.15) is 5.56 Å². The fourth-order valence-electron chi connectivity index (χ4n) is 5.80. The van der Waals surface area contributed by atoms with Crippen LogP contribution in [-0.4, -0.2) is 41.7 Å². The molecule has 2 aliphatic rings. The van der Waals surface area contributed by atoms with E-state index in [1.54, 1.807) is 12.1 Å². The summed E-state index contributed by atoms with van der Waals surface area (Å²) in [5, 5.41) is 11.7. The van der Waals surface area contributed by atoms with E-state index in [1.165, 1.54) is 31.4 Å². The van der Waals surface area contributed by atoms with Gasteiger partial charge in [0.25, 0.3) is 5.91 Å². The number of carbonyl (C=O) groups excluding carboxylic acids is 1. The van der Waals surface area contributed by atoms with Crippen LogP contribution in [0.5, 0.6) is 0 Å². The Bertz CT molecular complexity index is 1420. The molecule has 2 saturated heterocycles. The van der Waals surface area contributed by atoms with Crippen LogP contribution in [0.1, 0.15) is 78.5 Å². The van der Waals surface area contributed by atoms with Crippen LogP contribution in [0.2, 0.25) is 0 Å². The van der Waals surface area contributed by atoms with E-state index in [2.05, 4.69) is 17.1 Å². The summed E-state index contributed by atoms with van der Waals surface area (Å²) < 4.78 is 81.9. The number of hydrogen-bond acceptors (Lipinski definition) is 5. The molecule has 0 aliphatic carbocycles. The lowest BCUT2D eigenvalue weighted by Gasteiger charge is -2.43. The summed E-state index contributed by atoms with van der Waals surface area (Å²) in [5.74, 6) is -12.6. The molecule has 0 unspecified atom stereocenters. The van der Waals surface area contributed by atoms with Gasteiger partial charge in [-0.2, -0.15) is 0 Å². The van der Waals surface area contributed by atoms with E-state index in [9.17, 15) is 31.9 Å². The number of anilines is 1. The summed E-state index contributed by atoms with van der Waals surface area (Å²) in [7, 11) is 0. The van der Waals surface area contributed by atoms with Crippen LogP contribution in [0.25, 0.3) is 0 Å². The van der Waals surface area contributed by atoms with E-state index < -0.39 is 46.8 Å². The Kier molecular flexibility index (Phi) is 10.3. The Morgan fingerprint density at radius 1 is 0.795 bits per heavy atom. The van der Waals surface area contributed by atoms with Crippen molar-refractivity contribution in [3.63, 3.8) is 0 Å². The number of aliphatic hydroxyl groups is 1. The average molecular weight is 619 g/mol. The Balaban J connectivity index is 1.36. The number of ether oxygens (including phenoxy) is 2. The van der Waals surface area contributed by atoms with Crippen molar-refractivity contribution in [3.05, 3.63) is 99.9 Å². The highest BCUT2D eigenvalue weighted by atomic mass is 19.2. The van der Waals surface area contributed by atoms with Gasteiger partial charge in [0.15, 0.2) is 29.6 Å². The van der Waals surface area contributed by atoms with Crippen molar-refractivity contribution in [3.8, 4) is 0 Å². The van der Waals surface area contributed by atoms with Gasteiger partial charge in [-0.05, 0) is 49.2 Å². The predicted molar refractivity (Wildman–Crippen MR) is 153 cm³/mol. The van der Waals surface area contributed by atoms with E-state index in [4.69, 9.17) is 9.47 Å². The van der Waals surface area contributed by atoms with Gasteiger partial charge in [0, 0.05) is 23.7 Å². The van der Waals surface area contributed by atoms with Crippen molar-refractivity contribution in [2.24, 2.45) is 5.92 Å². The Labute approximate surface area is 252 Å². The molecule has 44 heavy (non-hydrogen) atoms. The number of halogens is 5. The molecule has 4 atom stereocenters. The number of hydrogen-bond donors (Lipinski definition) is 2. The highest BCUT2D eigenvalue weighted by Gasteiger charge is 2.39. The van der Waals surface area contributed by atoms with Crippen LogP contribution in [0, 0.1) is 35.0 Å². The molecule has 3 aromatic carbocycles.